The van der Waals surface area contributed by atoms with Crippen LogP contribution in [0.5, 0.6) is 17.4 Å². The van der Waals surface area contributed by atoms with Gasteiger partial charge in [-0.1, -0.05) is 26.8 Å². The Morgan fingerprint density at radius 1 is 1.18 bits per heavy atom. The van der Waals surface area contributed by atoms with E-state index in [9.17, 15) is 9.59 Å². The molecule has 2 rings (SSSR count). The number of nitrogens with zero attached hydrogens (tertiary/aromatic N) is 1. The number of hydrogen-bond donors (Lipinski definition) is 3. The molecular weight excluding hydrogens is 362 g/mol. The second-order valence-electron chi connectivity index (χ2n) is 7.36. The van der Waals surface area contributed by atoms with Gasteiger partial charge in [0.15, 0.2) is 0 Å². The number of carbonyl (C=O) groups is 2. The lowest BCUT2D eigenvalue weighted by atomic mass is 9.86. The highest BCUT2D eigenvalue weighted by atomic mass is 16.5. The summed E-state index contributed by atoms with van der Waals surface area (Å²) in [4.78, 5) is 27.6. The average Bonchev–Trinajstić information content (AvgIpc) is 2.61. The van der Waals surface area contributed by atoms with Crippen LogP contribution in [0.2, 0.25) is 0 Å². The zero-order valence-corrected chi connectivity index (χ0v) is 16.6. The van der Waals surface area contributed by atoms with Crippen LogP contribution in [0.1, 0.15) is 26.3 Å². The maximum absolute atomic E-state index is 12.5. The van der Waals surface area contributed by atoms with Gasteiger partial charge < -0.3 is 25.2 Å². The van der Waals surface area contributed by atoms with E-state index in [2.05, 4.69) is 15.6 Å². The molecule has 1 aromatic carbocycles. The maximum atomic E-state index is 12.5. The van der Waals surface area contributed by atoms with E-state index < -0.39 is 23.5 Å². The summed E-state index contributed by atoms with van der Waals surface area (Å²) in [7, 11) is 1.59. The van der Waals surface area contributed by atoms with Crippen molar-refractivity contribution < 1.29 is 24.2 Å². The maximum Gasteiger partial charge on any atom is 0.405 e. The highest BCUT2D eigenvalue weighted by molar-refractivity contribution is 5.96. The normalized spacial score (nSPS) is 12.0. The molecule has 8 heteroatoms. The van der Waals surface area contributed by atoms with Crippen molar-refractivity contribution in [3.63, 3.8) is 0 Å². The van der Waals surface area contributed by atoms with E-state index in [-0.39, 0.29) is 0 Å². The number of methoxy groups -OCH3 is 1. The molecule has 28 heavy (non-hydrogen) atoms. The molecule has 1 atom stereocenters. The van der Waals surface area contributed by atoms with Crippen molar-refractivity contribution >= 4 is 17.7 Å². The predicted octanol–water partition coefficient (Wildman–Crippen LogP) is 3.81. The molecule has 3 N–H and O–H groups in total. The van der Waals surface area contributed by atoms with Crippen LogP contribution in [0, 0.1) is 12.3 Å². The first kappa shape index (κ1) is 21.0. The van der Waals surface area contributed by atoms with Gasteiger partial charge in [-0.2, -0.15) is 0 Å². The molecule has 0 spiro atoms. The van der Waals surface area contributed by atoms with E-state index in [0.29, 0.717) is 23.1 Å². The number of nitrogens with one attached hydrogen (secondary N) is 2. The van der Waals surface area contributed by atoms with Crippen molar-refractivity contribution in [1.29, 1.82) is 0 Å². The number of carboxylic acid groups (broad SMARTS) is 1. The van der Waals surface area contributed by atoms with Crippen molar-refractivity contribution in [2.75, 3.05) is 12.4 Å². The number of rotatable bonds is 6. The molecule has 1 aromatic heterocycles. The first-order valence-electron chi connectivity index (χ1n) is 8.69. The van der Waals surface area contributed by atoms with Crippen molar-refractivity contribution in [2.24, 2.45) is 5.41 Å². The molecule has 8 nitrogen and oxygen atoms in total. The highest BCUT2D eigenvalue weighted by Gasteiger charge is 2.32. The molecular formula is C20H25N3O5. The summed E-state index contributed by atoms with van der Waals surface area (Å²) in [5.41, 5.74) is 0.827. The summed E-state index contributed by atoms with van der Waals surface area (Å²) in [6.07, 6.45) is 0.185. The third-order valence-corrected chi connectivity index (χ3v) is 4.00. The number of ether oxygens (including phenoxy) is 2. The molecule has 2 aromatic rings. The van der Waals surface area contributed by atoms with E-state index in [1.54, 1.807) is 52.1 Å². The second kappa shape index (κ2) is 8.60. The summed E-state index contributed by atoms with van der Waals surface area (Å²) >= 11 is 0. The van der Waals surface area contributed by atoms with Crippen LogP contribution in [0.3, 0.4) is 0 Å². The molecule has 0 radical (unpaired) electrons. The van der Waals surface area contributed by atoms with Gasteiger partial charge in [-0.25, -0.2) is 9.78 Å². The van der Waals surface area contributed by atoms with Crippen molar-refractivity contribution in [3.05, 3.63) is 42.1 Å². The van der Waals surface area contributed by atoms with Crippen molar-refractivity contribution in [1.82, 2.24) is 10.3 Å². The zero-order valence-electron chi connectivity index (χ0n) is 16.6. The Hall–Kier alpha value is -3.29. The van der Waals surface area contributed by atoms with E-state index in [1.165, 1.54) is 6.20 Å². The van der Waals surface area contributed by atoms with E-state index in [4.69, 9.17) is 14.6 Å². The number of amides is 2. The van der Waals surface area contributed by atoms with Gasteiger partial charge in [0, 0.05) is 12.1 Å². The van der Waals surface area contributed by atoms with Gasteiger partial charge in [-0.05, 0) is 30.0 Å². The minimum Gasteiger partial charge on any atom is -0.496 e. The Labute approximate surface area is 163 Å². The monoisotopic (exact) mass is 387 g/mol. The van der Waals surface area contributed by atoms with Gasteiger partial charge in [-0.15, -0.1) is 0 Å². The van der Waals surface area contributed by atoms with Crippen LogP contribution < -0.4 is 20.1 Å². The summed E-state index contributed by atoms with van der Waals surface area (Å²) in [6.45, 7) is 7.26. The Morgan fingerprint density at radius 3 is 2.43 bits per heavy atom. The molecule has 0 aliphatic carbocycles. The Morgan fingerprint density at radius 2 is 1.89 bits per heavy atom. The van der Waals surface area contributed by atoms with Gasteiger partial charge in [-0.3, -0.25) is 4.79 Å². The topological polar surface area (TPSA) is 110 Å². The summed E-state index contributed by atoms with van der Waals surface area (Å²) in [5, 5.41) is 13.9. The fraction of sp³-hybridized carbons (Fsp3) is 0.350. The molecule has 150 valence electrons. The number of carbonyl (C=O) groups excluding carboxylic acids is 1. The first-order valence-corrected chi connectivity index (χ1v) is 8.69. The van der Waals surface area contributed by atoms with Gasteiger partial charge in [0.05, 0.1) is 19.0 Å². The number of aromatic nitrogens is 1. The van der Waals surface area contributed by atoms with Crippen molar-refractivity contribution in [3.8, 4) is 17.4 Å². The van der Waals surface area contributed by atoms with Crippen LogP contribution in [-0.2, 0) is 4.79 Å². The number of anilines is 1. The quantitative estimate of drug-likeness (QED) is 0.695. The average molecular weight is 387 g/mol. The second-order valence-corrected chi connectivity index (χ2v) is 7.36. The number of pyridine rings is 1. The van der Waals surface area contributed by atoms with E-state index >= 15 is 0 Å². The summed E-state index contributed by atoms with van der Waals surface area (Å²) in [6, 6.07) is 7.77. The van der Waals surface area contributed by atoms with Crippen molar-refractivity contribution in [2.45, 2.75) is 33.7 Å². The third kappa shape index (κ3) is 5.60. The fourth-order valence-electron chi connectivity index (χ4n) is 2.51. The molecule has 1 heterocycles. The lowest BCUT2D eigenvalue weighted by Crippen LogP contribution is -2.51. The molecule has 0 fully saturated rings. The van der Waals surface area contributed by atoms with Gasteiger partial charge >= 0.3 is 6.09 Å². The molecule has 0 aliphatic rings. The number of aryl methyl sites for hydroxylation is 1. The van der Waals surface area contributed by atoms with Crippen LogP contribution in [-0.4, -0.2) is 35.2 Å². The van der Waals surface area contributed by atoms with Gasteiger partial charge in [0.1, 0.15) is 17.5 Å². The summed E-state index contributed by atoms with van der Waals surface area (Å²) < 4.78 is 11.0. The lowest BCUT2D eigenvalue weighted by Gasteiger charge is -2.29. The molecule has 2 amide bonds. The summed E-state index contributed by atoms with van der Waals surface area (Å²) in [5.74, 6) is 1.17. The SMILES string of the molecule is COc1cc(Oc2ccc(NC(=O)[C@H](NC(=O)O)C(C)(C)C)cn2)ccc1C. The van der Waals surface area contributed by atoms with E-state index in [0.717, 1.165) is 5.56 Å². The smallest absolute Gasteiger partial charge is 0.405 e. The Balaban J connectivity index is 2.07. The standard InChI is InChI=1S/C20H25N3O5/c1-12-6-8-14(10-15(12)27-5)28-16-9-7-13(11-21-16)22-18(24)17(20(2,3)4)23-19(25)26/h6-11,17,23H,1-5H3,(H,22,24)(H,25,26)/t17-/m0/s1. The zero-order chi connectivity index (χ0) is 20.9. The predicted molar refractivity (Wildman–Crippen MR) is 105 cm³/mol. The molecule has 0 unspecified atom stereocenters. The minimum absolute atomic E-state index is 0.347. The van der Waals surface area contributed by atoms with Crippen LogP contribution >= 0.6 is 0 Å². The molecule has 0 saturated heterocycles. The van der Waals surface area contributed by atoms with Crippen LogP contribution in [0.4, 0.5) is 10.5 Å². The van der Waals surface area contributed by atoms with Gasteiger partial charge in [0.25, 0.3) is 0 Å². The molecule has 0 saturated carbocycles. The van der Waals surface area contributed by atoms with Crippen LogP contribution in [0.25, 0.3) is 0 Å². The lowest BCUT2D eigenvalue weighted by molar-refractivity contribution is -0.120. The van der Waals surface area contributed by atoms with Crippen LogP contribution in [0.15, 0.2) is 36.5 Å². The third-order valence-electron chi connectivity index (χ3n) is 4.00. The molecule has 0 aliphatic heterocycles. The first-order chi connectivity index (χ1) is 13.1. The van der Waals surface area contributed by atoms with E-state index in [1.807, 2.05) is 13.0 Å². The van der Waals surface area contributed by atoms with Gasteiger partial charge in [0.2, 0.25) is 11.8 Å². The number of hydrogen-bond acceptors (Lipinski definition) is 5. The highest BCUT2D eigenvalue weighted by Crippen LogP contribution is 2.27. The Bertz CT molecular complexity index is 844. The molecule has 0 bridgehead atoms. The fourth-order valence-corrected chi connectivity index (χ4v) is 2.51. The minimum atomic E-state index is -1.26. The Kier molecular flexibility index (Phi) is 6.45. The largest absolute Gasteiger partial charge is 0.496 e. The number of benzene rings is 1.